The van der Waals surface area contributed by atoms with E-state index in [4.69, 9.17) is 14.2 Å². The van der Waals surface area contributed by atoms with Gasteiger partial charge in [0, 0.05) is 18.5 Å². The van der Waals surface area contributed by atoms with Crippen molar-refractivity contribution >= 4 is 39.5 Å². The summed E-state index contributed by atoms with van der Waals surface area (Å²) in [5.41, 5.74) is 1.80. The van der Waals surface area contributed by atoms with E-state index in [1.165, 1.54) is 11.3 Å². The Balaban J connectivity index is 1.99. The van der Waals surface area contributed by atoms with Gasteiger partial charge in [0.05, 0.1) is 14.2 Å². The van der Waals surface area contributed by atoms with E-state index in [1.807, 2.05) is 48.5 Å². The molecule has 0 aliphatic rings. The second-order valence-electron chi connectivity index (χ2n) is 7.31. The first-order valence-corrected chi connectivity index (χ1v) is 12.0. The Morgan fingerprint density at radius 1 is 1.06 bits per heavy atom. The Morgan fingerprint density at radius 2 is 1.59 bits per heavy atom. The number of thiazole rings is 1. The molecule has 0 fully saturated rings. The summed E-state index contributed by atoms with van der Waals surface area (Å²) in [5, 5.41) is 12.5. The average molecular weight is 549 g/mol. The van der Waals surface area contributed by atoms with E-state index in [9.17, 15) is 14.7 Å². The van der Waals surface area contributed by atoms with Crippen LogP contribution in [0.2, 0.25) is 0 Å². The molecule has 2 aromatic carbocycles. The largest absolute Gasteiger partial charge is 0.497 e. The Morgan fingerprint density at radius 3 is 1.97 bits per heavy atom. The second-order valence-corrected chi connectivity index (χ2v) is 9.02. The van der Waals surface area contributed by atoms with E-state index >= 15 is 0 Å². The number of carboxylic acids is 1. The number of aromatic nitrogens is 1. The number of carbonyl (C=O) groups is 2. The first-order chi connectivity index (χ1) is 16.4. The number of aldehydes is 1. The van der Waals surface area contributed by atoms with E-state index in [2.05, 4.69) is 20.9 Å². The van der Waals surface area contributed by atoms with Gasteiger partial charge in [-0.3, -0.25) is 9.69 Å². The van der Waals surface area contributed by atoms with E-state index in [0.29, 0.717) is 40.5 Å². The maximum absolute atomic E-state index is 12.6. The first kappa shape index (κ1) is 25.8. The fourth-order valence-corrected chi connectivity index (χ4v) is 4.84. The molecule has 0 saturated carbocycles. The van der Waals surface area contributed by atoms with Crippen molar-refractivity contribution in [1.82, 2.24) is 9.88 Å². The van der Waals surface area contributed by atoms with E-state index in [0.717, 1.165) is 11.1 Å². The summed E-state index contributed by atoms with van der Waals surface area (Å²) < 4.78 is 16.8. The van der Waals surface area contributed by atoms with Crippen LogP contribution in [0.1, 0.15) is 22.2 Å². The van der Waals surface area contributed by atoms with Crippen LogP contribution in [0.5, 0.6) is 11.5 Å². The average Bonchev–Trinajstić information content (AvgIpc) is 3.28. The fourth-order valence-electron chi connectivity index (χ4n) is 3.50. The molecule has 0 spiro atoms. The summed E-state index contributed by atoms with van der Waals surface area (Å²) in [6.45, 7) is 0.394. The fraction of sp³-hybridized carbons (Fsp3) is 0.292. The molecule has 0 aliphatic carbocycles. The van der Waals surface area contributed by atoms with Crippen LogP contribution in [0.15, 0.2) is 58.5 Å². The minimum Gasteiger partial charge on any atom is -0.497 e. The van der Waals surface area contributed by atoms with Crippen molar-refractivity contribution in [1.29, 1.82) is 0 Å². The van der Waals surface area contributed by atoms with Crippen molar-refractivity contribution < 1.29 is 28.9 Å². The molecular formula is C24H25BrN2O6S. The molecule has 0 radical (unpaired) electrons. The van der Waals surface area contributed by atoms with Crippen LogP contribution in [0, 0.1) is 0 Å². The molecule has 8 nitrogen and oxygen atoms in total. The van der Waals surface area contributed by atoms with Crippen LogP contribution >= 0.6 is 27.3 Å². The molecule has 1 N–H and O–H groups in total. The van der Waals surface area contributed by atoms with Crippen LogP contribution in [-0.4, -0.2) is 54.1 Å². The lowest BCUT2D eigenvalue weighted by atomic mass is 10.1. The maximum atomic E-state index is 12.6. The molecule has 0 aliphatic heterocycles. The minimum absolute atomic E-state index is 0.245. The second kappa shape index (κ2) is 12.6. The Bertz CT molecular complexity index is 1020. The molecule has 2 unspecified atom stereocenters. The highest BCUT2D eigenvalue weighted by atomic mass is 79.9. The van der Waals surface area contributed by atoms with Gasteiger partial charge in [-0.1, -0.05) is 24.3 Å². The smallest absolute Gasteiger partial charge is 0.324 e. The third kappa shape index (κ3) is 6.86. The molecular weight excluding hydrogens is 524 g/mol. The number of ether oxygens (including phenoxy) is 3. The molecule has 2 atom stereocenters. The zero-order valence-electron chi connectivity index (χ0n) is 18.7. The zero-order valence-corrected chi connectivity index (χ0v) is 21.1. The third-order valence-corrected chi connectivity index (χ3v) is 6.72. The number of hydrogen-bond acceptors (Lipinski definition) is 8. The van der Waals surface area contributed by atoms with Gasteiger partial charge in [-0.05, 0) is 51.3 Å². The predicted octanol–water partition coefficient (Wildman–Crippen LogP) is 4.34. The van der Waals surface area contributed by atoms with E-state index in [-0.39, 0.29) is 6.61 Å². The summed E-state index contributed by atoms with van der Waals surface area (Å²) in [6.07, 6.45) is -0.346. The van der Waals surface area contributed by atoms with Crippen molar-refractivity contribution in [2.45, 2.75) is 25.2 Å². The summed E-state index contributed by atoms with van der Waals surface area (Å²) in [6, 6.07) is 13.8. The van der Waals surface area contributed by atoms with Gasteiger partial charge in [0.2, 0.25) is 0 Å². The van der Waals surface area contributed by atoms with Gasteiger partial charge in [-0.25, -0.2) is 4.98 Å². The lowest BCUT2D eigenvalue weighted by molar-refractivity contribution is -0.152. The summed E-state index contributed by atoms with van der Waals surface area (Å²) in [7, 11) is 3.18. The first-order valence-electron chi connectivity index (χ1n) is 10.3. The summed E-state index contributed by atoms with van der Waals surface area (Å²) >= 11 is 4.59. The lowest BCUT2D eigenvalue weighted by Gasteiger charge is -2.33. The van der Waals surface area contributed by atoms with E-state index < -0.39 is 18.1 Å². The van der Waals surface area contributed by atoms with Crippen LogP contribution < -0.4 is 9.47 Å². The lowest BCUT2D eigenvalue weighted by Crippen LogP contribution is -2.45. The quantitative estimate of drug-likeness (QED) is 0.315. The molecule has 0 bridgehead atoms. The van der Waals surface area contributed by atoms with Crippen LogP contribution in [0.3, 0.4) is 0 Å². The highest BCUT2D eigenvalue weighted by Crippen LogP contribution is 2.32. The van der Waals surface area contributed by atoms with Gasteiger partial charge in [0.1, 0.15) is 46.1 Å². The number of methoxy groups -OCH3 is 2. The van der Waals surface area contributed by atoms with Gasteiger partial charge in [-0.2, -0.15) is 0 Å². The monoisotopic (exact) mass is 548 g/mol. The highest BCUT2D eigenvalue weighted by Gasteiger charge is 2.37. The number of benzene rings is 2. The van der Waals surface area contributed by atoms with Crippen molar-refractivity contribution in [2.75, 3.05) is 20.8 Å². The highest BCUT2D eigenvalue weighted by molar-refractivity contribution is 9.10. The topological polar surface area (TPSA) is 98.2 Å². The summed E-state index contributed by atoms with van der Waals surface area (Å²) in [5.74, 6) is 0.337. The normalized spacial score (nSPS) is 12.8. The number of rotatable bonds is 13. The predicted molar refractivity (Wildman–Crippen MR) is 131 cm³/mol. The summed E-state index contributed by atoms with van der Waals surface area (Å²) in [4.78, 5) is 29.9. The van der Waals surface area contributed by atoms with Crippen molar-refractivity contribution in [3.8, 4) is 11.5 Å². The molecule has 180 valence electrons. The number of hydrogen-bond donors (Lipinski definition) is 1. The van der Waals surface area contributed by atoms with Crippen molar-refractivity contribution in [2.24, 2.45) is 0 Å². The third-order valence-electron chi connectivity index (χ3n) is 5.10. The molecule has 34 heavy (non-hydrogen) atoms. The molecule has 10 heteroatoms. The molecule has 1 aromatic heterocycles. The molecule has 0 saturated heterocycles. The Kier molecular flexibility index (Phi) is 9.58. The van der Waals surface area contributed by atoms with Gasteiger partial charge in [-0.15, -0.1) is 11.3 Å². The Hall–Kier alpha value is -2.79. The molecule has 3 aromatic rings. The number of halogens is 1. The standard InChI is InChI=1S/C24H25BrN2O6S/c1-31-18-7-3-16(4-8-18)13-27(14-17-5-9-19(32-2)10-6-17)21(24(29)30)22(33-12-11-28)23-26-20(25)15-34-23/h3-11,15,21-22H,12-14H2,1-2H3,(H,29,30). The van der Waals surface area contributed by atoms with Crippen LogP contribution in [-0.2, 0) is 27.4 Å². The van der Waals surface area contributed by atoms with Crippen molar-refractivity contribution in [3.05, 3.63) is 74.6 Å². The van der Waals surface area contributed by atoms with Gasteiger partial charge < -0.3 is 24.1 Å². The zero-order chi connectivity index (χ0) is 24.5. The van der Waals surface area contributed by atoms with Crippen LogP contribution in [0.4, 0.5) is 0 Å². The number of carbonyl (C=O) groups excluding carboxylic acids is 1. The van der Waals surface area contributed by atoms with Crippen LogP contribution in [0.25, 0.3) is 0 Å². The molecule has 3 rings (SSSR count). The number of nitrogens with zero attached hydrogens (tertiary/aromatic N) is 2. The van der Waals surface area contributed by atoms with Gasteiger partial charge in [0.15, 0.2) is 0 Å². The van der Waals surface area contributed by atoms with Crippen molar-refractivity contribution in [3.63, 3.8) is 0 Å². The van der Waals surface area contributed by atoms with E-state index in [1.54, 1.807) is 24.5 Å². The molecule has 0 amide bonds. The van der Waals surface area contributed by atoms with Gasteiger partial charge in [0.25, 0.3) is 0 Å². The molecule has 1 heterocycles. The van der Waals surface area contributed by atoms with Gasteiger partial charge >= 0.3 is 5.97 Å². The number of aliphatic carboxylic acids is 1. The minimum atomic E-state index is -1.11. The number of carboxylic acid groups (broad SMARTS) is 1. The Labute approximate surface area is 210 Å². The maximum Gasteiger partial charge on any atom is 0.324 e. The SMILES string of the molecule is COc1ccc(CN(Cc2ccc(OC)cc2)C(C(=O)O)C(OCC=O)c2nc(Br)cs2)cc1.